The molecule has 9 heteroatoms. The number of nitrogens with one attached hydrogen (secondary N) is 2. The van der Waals surface area contributed by atoms with E-state index in [4.69, 9.17) is 9.47 Å². The van der Waals surface area contributed by atoms with Gasteiger partial charge in [0.15, 0.2) is 5.96 Å². The van der Waals surface area contributed by atoms with E-state index in [2.05, 4.69) is 39.4 Å². The monoisotopic (exact) mass is 425 g/mol. The number of thiazole rings is 1. The van der Waals surface area contributed by atoms with Crippen molar-refractivity contribution in [1.29, 1.82) is 0 Å². The highest BCUT2D eigenvalue weighted by molar-refractivity contribution is 7.13. The number of morpholine rings is 1. The Hall–Kier alpha value is -1.71. The number of hydrogen-bond donors (Lipinski definition) is 2. The molecule has 1 fully saturated rings. The molecule has 1 saturated heterocycles. The van der Waals surface area contributed by atoms with Crippen LogP contribution in [0.15, 0.2) is 4.99 Å². The summed E-state index contributed by atoms with van der Waals surface area (Å²) >= 11 is 1.37. The zero-order valence-electron chi connectivity index (χ0n) is 18.4. The highest BCUT2D eigenvalue weighted by Gasteiger charge is 2.24. The molecule has 1 aliphatic heterocycles. The number of esters is 1. The van der Waals surface area contributed by atoms with E-state index in [9.17, 15) is 4.79 Å². The van der Waals surface area contributed by atoms with Crippen molar-refractivity contribution >= 4 is 23.3 Å². The van der Waals surface area contributed by atoms with Crippen LogP contribution in [0.5, 0.6) is 0 Å². The molecule has 1 aromatic rings. The number of carbonyl (C=O) groups excluding carboxylic acids is 1. The van der Waals surface area contributed by atoms with Crippen molar-refractivity contribution in [3.63, 3.8) is 0 Å². The standard InChI is InChI=1S/C20H35N5O3S/c1-7-28-19(26)17-14(4)23-18(29-17)15(5)24-20(21-6)22-12-16(13(2)3)25-8-10-27-11-9-25/h13,15-16H,7-12H2,1-6H3,(H2,21,22,24). The highest BCUT2D eigenvalue weighted by Crippen LogP contribution is 2.24. The Bertz CT molecular complexity index is 686. The molecule has 0 aromatic carbocycles. The maximum Gasteiger partial charge on any atom is 0.350 e. The molecule has 0 bridgehead atoms. The number of guanidine groups is 1. The Kier molecular flexibility index (Phi) is 9.32. The molecule has 0 saturated carbocycles. The second-order valence-electron chi connectivity index (χ2n) is 7.47. The van der Waals surface area contributed by atoms with Gasteiger partial charge in [0, 0.05) is 32.7 Å². The summed E-state index contributed by atoms with van der Waals surface area (Å²) in [5.74, 6) is 0.931. The maximum atomic E-state index is 12.0. The fourth-order valence-corrected chi connectivity index (χ4v) is 4.31. The van der Waals surface area contributed by atoms with Gasteiger partial charge in [-0.05, 0) is 26.7 Å². The third-order valence-corrected chi connectivity index (χ3v) is 6.30. The van der Waals surface area contributed by atoms with Gasteiger partial charge in [-0.25, -0.2) is 9.78 Å². The molecule has 0 amide bonds. The SMILES string of the molecule is CCOC(=O)c1sc(C(C)NC(=NC)NCC(C(C)C)N2CCOCC2)nc1C. The van der Waals surface area contributed by atoms with Crippen molar-refractivity contribution in [3.8, 4) is 0 Å². The second kappa shape index (κ2) is 11.5. The van der Waals surface area contributed by atoms with Gasteiger partial charge in [-0.15, -0.1) is 11.3 Å². The van der Waals surface area contributed by atoms with Crippen LogP contribution < -0.4 is 10.6 Å². The van der Waals surface area contributed by atoms with E-state index in [0.717, 1.165) is 43.8 Å². The fourth-order valence-electron chi connectivity index (χ4n) is 3.35. The van der Waals surface area contributed by atoms with Gasteiger partial charge >= 0.3 is 5.97 Å². The number of aliphatic imine (C=N–C) groups is 1. The van der Waals surface area contributed by atoms with E-state index in [1.165, 1.54) is 11.3 Å². The van der Waals surface area contributed by atoms with Crippen molar-refractivity contribution in [2.45, 2.75) is 46.7 Å². The van der Waals surface area contributed by atoms with E-state index >= 15 is 0 Å². The number of nitrogens with zero attached hydrogens (tertiary/aromatic N) is 3. The number of aryl methyl sites for hydroxylation is 1. The molecule has 2 N–H and O–H groups in total. The van der Waals surface area contributed by atoms with Gasteiger partial charge in [0.1, 0.15) is 9.88 Å². The van der Waals surface area contributed by atoms with E-state index in [-0.39, 0.29) is 12.0 Å². The summed E-state index contributed by atoms with van der Waals surface area (Å²) in [6.07, 6.45) is 0. The normalized spacial score (nSPS) is 17.8. The van der Waals surface area contributed by atoms with Crippen molar-refractivity contribution in [1.82, 2.24) is 20.5 Å². The van der Waals surface area contributed by atoms with E-state index < -0.39 is 0 Å². The predicted molar refractivity (Wildman–Crippen MR) is 117 cm³/mol. The van der Waals surface area contributed by atoms with Crippen molar-refractivity contribution < 1.29 is 14.3 Å². The topological polar surface area (TPSA) is 88.1 Å². The largest absolute Gasteiger partial charge is 0.462 e. The number of rotatable bonds is 8. The molecule has 0 spiro atoms. The molecule has 164 valence electrons. The lowest BCUT2D eigenvalue weighted by molar-refractivity contribution is 0.00751. The first-order valence-corrected chi connectivity index (χ1v) is 11.1. The smallest absolute Gasteiger partial charge is 0.350 e. The Balaban J connectivity index is 1.96. The quantitative estimate of drug-likeness (QED) is 0.375. The van der Waals surface area contributed by atoms with E-state index in [0.29, 0.717) is 29.1 Å². The molecule has 1 aromatic heterocycles. The zero-order valence-corrected chi connectivity index (χ0v) is 19.3. The highest BCUT2D eigenvalue weighted by atomic mass is 32.1. The van der Waals surface area contributed by atoms with Crippen LogP contribution in [0.2, 0.25) is 0 Å². The van der Waals surface area contributed by atoms with Gasteiger partial charge < -0.3 is 20.1 Å². The zero-order chi connectivity index (χ0) is 21.4. The number of aromatic nitrogens is 1. The molecule has 2 rings (SSSR count). The molecule has 29 heavy (non-hydrogen) atoms. The van der Waals surface area contributed by atoms with Crippen LogP contribution in [0.1, 0.15) is 54.1 Å². The van der Waals surface area contributed by atoms with Crippen LogP contribution in [0, 0.1) is 12.8 Å². The summed E-state index contributed by atoms with van der Waals surface area (Å²) < 4.78 is 10.6. The second-order valence-corrected chi connectivity index (χ2v) is 8.50. The van der Waals surface area contributed by atoms with Gasteiger partial charge in [-0.2, -0.15) is 0 Å². The van der Waals surface area contributed by atoms with Gasteiger partial charge in [-0.1, -0.05) is 13.8 Å². The summed E-state index contributed by atoms with van der Waals surface area (Å²) in [7, 11) is 1.76. The molecular formula is C20H35N5O3S. The molecule has 0 aliphatic carbocycles. The molecule has 2 atom stereocenters. The third-order valence-electron chi connectivity index (χ3n) is 4.98. The predicted octanol–water partition coefficient (Wildman–Crippen LogP) is 2.21. The van der Waals surface area contributed by atoms with E-state index in [1.54, 1.807) is 14.0 Å². The van der Waals surface area contributed by atoms with Crippen LogP contribution in [0.3, 0.4) is 0 Å². The lowest BCUT2D eigenvalue weighted by atomic mass is 10.0. The van der Waals surface area contributed by atoms with Crippen LogP contribution in [0.4, 0.5) is 0 Å². The lowest BCUT2D eigenvalue weighted by Crippen LogP contribution is -2.52. The van der Waals surface area contributed by atoms with Crippen LogP contribution in [-0.4, -0.2) is 74.4 Å². The molecule has 1 aliphatic rings. The molecule has 2 unspecified atom stereocenters. The van der Waals surface area contributed by atoms with Crippen LogP contribution >= 0.6 is 11.3 Å². The van der Waals surface area contributed by atoms with Crippen molar-refractivity contribution in [3.05, 3.63) is 15.6 Å². The van der Waals surface area contributed by atoms with Crippen LogP contribution in [0.25, 0.3) is 0 Å². The average Bonchev–Trinajstić information content (AvgIpc) is 3.10. The van der Waals surface area contributed by atoms with Gasteiger partial charge in [0.05, 0.1) is 31.6 Å². The van der Waals surface area contributed by atoms with Gasteiger partial charge in [0.25, 0.3) is 0 Å². The fraction of sp³-hybridized carbons (Fsp3) is 0.750. The minimum atomic E-state index is -0.311. The minimum Gasteiger partial charge on any atom is -0.462 e. The molecular weight excluding hydrogens is 390 g/mol. The first-order valence-electron chi connectivity index (χ1n) is 10.3. The summed E-state index contributed by atoms with van der Waals surface area (Å²) in [5.41, 5.74) is 0.701. The number of carbonyl (C=O) groups is 1. The van der Waals surface area contributed by atoms with Gasteiger partial charge in [0.2, 0.25) is 0 Å². The molecule has 8 nitrogen and oxygen atoms in total. The van der Waals surface area contributed by atoms with Crippen molar-refractivity contribution in [2.24, 2.45) is 10.9 Å². The van der Waals surface area contributed by atoms with Crippen LogP contribution in [-0.2, 0) is 9.47 Å². The Labute approximate surface area is 178 Å². The van der Waals surface area contributed by atoms with Gasteiger partial charge in [-0.3, -0.25) is 9.89 Å². The van der Waals surface area contributed by atoms with E-state index in [1.807, 2.05) is 13.8 Å². The maximum absolute atomic E-state index is 12.0. The minimum absolute atomic E-state index is 0.0750. The Morgan fingerprint density at radius 1 is 1.34 bits per heavy atom. The lowest BCUT2D eigenvalue weighted by Gasteiger charge is -2.37. The summed E-state index contributed by atoms with van der Waals surface area (Å²) in [4.78, 5) is 24.0. The number of hydrogen-bond acceptors (Lipinski definition) is 7. The average molecular weight is 426 g/mol. The summed E-state index contributed by atoms with van der Waals surface area (Å²) in [5, 5.41) is 7.67. The third kappa shape index (κ3) is 6.65. The summed E-state index contributed by atoms with van der Waals surface area (Å²) in [6, 6.07) is 0.333. The first-order chi connectivity index (χ1) is 13.9. The molecule has 0 radical (unpaired) electrons. The summed E-state index contributed by atoms with van der Waals surface area (Å²) in [6.45, 7) is 14.8. The first kappa shape index (κ1) is 23.6. The van der Waals surface area contributed by atoms with Crippen molar-refractivity contribution in [2.75, 3.05) is 46.5 Å². The Morgan fingerprint density at radius 3 is 2.62 bits per heavy atom. The molecule has 2 heterocycles. The Morgan fingerprint density at radius 2 is 2.03 bits per heavy atom. The number of ether oxygens (including phenoxy) is 2.